The van der Waals surface area contributed by atoms with E-state index in [1.165, 1.54) is 18.3 Å². The minimum atomic E-state index is -4.43. The minimum absolute atomic E-state index is 0.0219. The van der Waals surface area contributed by atoms with Gasteiger partial charge in [-0.05, 0) is 62.8 Å². The van der Waals surface area contributed by atoms with Gasteiger partial charge in [0.25, 0.3) is 5.91 Å². The first-order valence-corrected chi connectivity index (χ1v) is 10.4. The van der Waals surface area contributed by atoms with Crippen molar-refractivity contribution in [1.29, 1.82) is 5.41 Å². The summed E-state index contributed by atoms with van der Waals surface area (Å²) in [5.74, 6) is -0.208. The highest BCUT2D eigenvalue weighted by Gasteiger charge is 2.28. The normalized spacial score (nSPS) is 17.5. The van der Waals surface area contributed by atoms with E-state index in [2.05, 4.69) is 15.2 Å². The van der Waals surface area contributed by atoms with Crippen molar-refractivity contribution in [2.24, 2.45) is 5.73 Å². The molecule has 1 fully saturated rings. The fourth-order valence-corrected chi connectivity index (χ4v) is 3.60. The van der Waals surface area contributed by atoms with Gasteiger partial charge in [-0.1, -0.05) is 0 Å². The number of benzene rings is 1. The van der Waals surface area contributed by atoms with Gasteiger partial charge in [0.2, 0.25) is 0 Å². The van der Waals surface area contributed by atoms with Crippen LogP contribution in [0.1, 0.15) is 28.9 Å². The summed E-state index contributed by atoms with van der Waals surface area (Å²) in [6.07, 6.45) is -0.287. The van der Waals surface area contributed by atoms with Crippen LogP contribution >= 0.6 is 0 Å². The first-order valence-electron chi connectivity index (χ1n) is 10.4. The number of carbonyl (C=O) groups is 1. The largest absolute Gasteiger partial charge is 0.484 e. The van der Waals surface area contributed by atoms with Crippen LogP contribution in [0.4, 0.5) is 13.2 Å². The number of likely N-dealkylation sites (tertiary alicyclic amines) is 1. The maximum atomic E-state index is 13.0. The molecule has 1 amide bonds. The molecule has 4 N–H and O–H groups in total. The molecule has 1 atom stereocenters. The summed E-state index contributed by atoms with van der Waals surface area (Å²) in [6.45, 7) is 0.359. The molecule has 10 heteroatoms. The number of allylic oxidation sites excluding steroid dienone is 1. The summed E-state index contributed by atoms with van der Waals surface area (Å²) in [5, 5.41) is 10.6. The number of carbonyl (C=O) groups excluding carboxylic acids is 1. The monoisotopic (exact) mass is 461 g/mol. The van der Waals surface area contributed by atoms with Crippen LogP contribution in [0.15, 0.2) is 42.6 Å². The molecule has 0 aliphatic carbocycles. The standard InChI is InChI=1S/C23H26F3N5O2/c1-31-8-2-3-18(13-31)29-22(32)16-9-20(30-21(10-16)17(11-27)12-28)15-4-6-19(7-5-15)33-14-23(24,25)26/h4-7,9-12,18,27H,2-3,8,13-14,28H2,1H3,(H,29,32)/b17-12+,27-11?. The molecule has 1 aromatic heterocycles. The zero-order valence-electron chi connectivity index (χ0n) is 18.2. The summed E-state index contributed by atoms with van der Waals surface area (Å²) in [6, 6.07) is 9.13. The second-order valence-electron chi connectivity index (χ2n) is 7.90. The van der Waals surface area contributed by atoms with Crippen LogP contribution in [0.3, 0.4) is 0 Å². The van der Waals surface area contributed by atoms with E-state index in [4.69, 9.17) is 15.9 Å². The van der Waals surface area contributed by atoms with Gasteiger partial charge in [0, 0.05) is 41.7 Å². The average Bonchev–Trinajstić information content (AvgIpc) is 2.78. The zero-order chi connectivity index (χ0) is 24.0. The van der Waals surface area contributed by atoms with E-state index in [0.29, 0.717) is 28.1 Å². The summed E-state index contributed by atoms with van der Waals surface area (Å²) < 4.78 is 41.9. The molecule has 7 nitrogen and oxygen atoms in total. The first-order chi connectivity index (χ1) is 15.7. The van der Waals surface area contributed by atoms with Crippen LogP contribution in [0, 0.1) is 5.41 Å². The number of pyridine rings is 1. The molecule has 3 rings (SSSR count). The number of piperidine rings is 1. The smallest absolute Gasteiger partial charge is 0.422 e. The van der Waals surface area contributed by atoms with Crippen LogP contribution in [0.2, 0.25) is 0 Å². The van der Waals surface area contributed by atoms with Crippen molar-refractivity contribution >= 4 is 17.7 Å². The SMILES string of the molecule is CN1CCCC(NC(=O)c2cc(/C(C=N)=C/N)nc(-c3ccc(OCC(F)(F)F)cc3)c2)C1. The van der Waals surface area contributed by atoms with Gasteiger partial charge in [0.15, 0.2) is 6.61 Å². The summed E-state index contributed by atoms with van der Waals surface area (Å²) >= 11 is 0. The number of nitrogens with two attached hydrogens (primary N) is 1. The Hall–Kier alpha value is -3.40. The minimum Gasteiger partial charge on any atom is -0.484 e. The number of rotatable bonds is 7. The van der Waals surface area contributed by atoms with Gasteiger partial charge in [-0.3, -0.25) is 4.79 Å². The molecule has 1 aliphatic rings. The van der Waals surface area contributed by atoms with E-state index < -0.39 is 12.8 Å². The molecule has 0 saturated carbocycles. The van der Waals surface area contributed by atoms with Crippen LogP contribution < -0.4 is 15.8 Å². The Morgan fingerprint density at radius 1 is 1.33 bits per heavy atom. The number of likely N-dealkylation sites (N-methyl/N-ethyl adjacent to an activating group) is 1. The van der Waals surface area contributed by atoms with Crippen molar-refractivity contribution in [1.82, 2.24) is 15.2 Å². The number of aromatic nitrogens is 1. The molecule has 176 valence electrons. The predicted octanol–water partition coefficient (Wildman–Crippen LogP) is 3.46. The highest BCUT2D eigenvalue weighted by atomic mass is 19.4. The number of halogens is 3. The topological polar surface area (TPSA) is 104 Å². The Morgan fingerprint density at radius 2 is 2.06 bits per heavy atom. The van der Waals surface area contributed by atoms with Gasteiger partial charge in [-0.25, -0.2) is 4.98 Å². The maximum Gasteiger partial charge on any atom is 0.422 e. The molecule has 1 saturated heterocycles. The lowest BCUT2D eigenvalue weighted by atomic mass is 10.0. The van der Waals surface area contributed by atoms with Gasteiger partial charge >= 0.3 is 6.18 Å². The Labute approximate surface area is 189 Å². The van der Waals surface area contributed by atoms with Crippen molar-refractivity contribution < 1.29 is 22.7 Å². The van der Waals surface area contributed by atoms with Crippen LogP contribution in [0.5, 0.6) is 5.75 Å². The fraction of sp³-hybridized carbons (Fsp3) is 0.348. The Morgan fingerprint density at radius 3 is 2.67 bits per heavy atom. The summed E-state index contributed by atoms with van der Waals surface area (Å²) in [7, 11) is 2.01. The zero-order valence-corrected chi connectivity index (χ0v) is 18.2. The van der Waals surface area contributed by atoms with E-state index in [0.717, 1.165) is 32.1 Å². The highest BCUT2D eigenvalue weighted by molar-refractivity contribution is 6.08. The lowest BCUT2D eigenvalue weighted by molar-refractivity contribution is -0.153. The van der Waals surface area contributed by atoms with E-state index >= 15 is 0 Å². The number of amides is 1. The van der Waals surface area contributed by atoms with E-state index in [1.807, 2.05) is 7.05 Å². The van der Waals surface area contributed by atoms with Crippen LogP contribution in [-0.4, -0.2) is 61.0 Å². The molecule has 0 radical (unpaired) electrons. The van der Waals surface area contributed by atoms with E-state index in [-0.39, 0.29) is 17.7 Å². The number of hydrogen-bond donors (Lipinski definition) is 3. The molecular weight excluding hydrogens is 435 g/mol. The Kier molecular flexibility index (Phi) is 7.70. The van der Waals surface area contributed by atoms with Crippen molar-refractivity contribution in [3.63, 3.8) is 0 Å². The number of nitrogens with one attached hydrogen (secondary N) is 2. The van der Waals surface area contributed by atoms with Crippen LogP contribution in [-0.2, 0) is 0 Å². The Bertz CT molecular complexity index is 1020. The van der Waals surface area contributed by atoms with E-state index in [1.54, 1.807) is 24.3 Å². The van der Waals surface area contributed by atoms with Crippen molar-refractivity contribution in [2.45, 2.75) is 25.1 Å². The molecule has 33 heavy (non-hydrogen) atoms. The highest BCUT2D eigenvalue weighted by Crippen LogP contribution is 2.25. The number of ether oxygens (including phenoxy) is 1. The number of alkyl halides is 3. The lowest BCUT2D eigenvalue weighted by Crippen LogP contribution is -2.46. The van der Waals surface area contributed by atoms with Gasteiger partial charge < -0.3 is 26.1 Å². The molecule has 0 spiro atoms. The van der Waals surface area contributed by atoms with Crippen molar-refractivity contribution in [3.05, 3.63) is 53.9 Å². The van der Waals surface area contributed by atoms with Gasteiger partial charge in [0.05, 0.1) is 11.4 Å². The first kappa shape index (κ1) is 24.2. The summed E-state index contributed by atoms with van der Waals surface area (Å²) in [5.41, 5.74) is 7.62. The quantitative estimate of drug-likeness (QED) is 0.548. The number of hydrogen-bond acceptors (Lipinski definition) is 6. The molecule has 2 aromatic rings. The molecular formula is C23H26F3N5O2. The maximum absolute atomic E-state index is 13.0. The lowest BCUT2D eigenvalue weighted by Gasteiger charge is -2.30. The van der Waals surface area contributed by atoms with Gasteiger partial charge in [-0.15, -0.1) is 0 Å². The molecule has 1 unspecified atom stereocenters. The molecule has 1 aliphatic heterocycles. The molecule has 1 aromatic carbocycles. The van der Waals surface area contributed by atoms with Crippen molar-refractivity contribution in [3.8, 4) is 17.0 Å². The second-order valence-corrected chi connectivity index (χ2v) is 7.90. The molecule has 0 bridgehead atoms. The average molecular weight is 461 g/mol. The molecule has 2 heterocycles. The Balaban J connectivity index is 1.88. The van der Waals surface area contributed by atoms with Crippen molar-refractivity contribution in [2.75, 3.05) is 26.7 Å². The third kappa shape index (κ3) is 6.79. The van der Waals surface area contributed by atoms with Crippen LogP contribution in [0.25, 0.3) is 16.8 Å². The number of nitrogens with zero attached hydrogens (tertiary/aromatic N) is 2. The predicted molar refractivity (Wildman–Crippen MR) is 120 cm³/mol. The van der Waals surface area contributed by atoms with Gasteiger partial charge in [-0.2, -0.15) is 13.2 Å². The third-order valence-electron chi connectivity index (χ3n) is 5.23. The van der Waals surface area contributed by atoms with Gasteiger partial charge in [0.1, 0.15) is 5.75 Å². The second kappa shape index (κ2) is 10.5. The van der Waals surface area contributed by atoms with E-state index in [9.17, 15) is 18.0 Å². The summed E-state index contributed by atoms with van der Waals surface area (Å²) in [4.78, 5) is 19.6. The fourth-order valence-electron chi connectivity index (χ4n) is 3.60. The third-order valence-corrected chi connectivity index (χ3v) is 5.23.